The maximum Gasteiger partial charge on any atom is 0.332 e. The zero-order chi connectivity index (χ0) is 22.8. The first-order valence-corrected chi connectivity index (χ1v) is 11.5. The van der Waals surface area contributed by atoms with Crippen LogP contribution in [0.25, 0.3) is 11.2 Å². The number of aryl methyl sites for hydroxylation is 3. The molecule has 8 heteroatoms. The molecule has 0 N–H and O–H groups in total. The number of anilines is 1. The van der Waals surface area contributed by atoms with Crippen LogP contribution in [0.4, 0.5) is 5.69 Å². The van der Waals surface area contributed by atoms with Crippen LogP contribution in [0.2, 0.25) is 0 Å². The first-order valence-electron chi connectivity index (χ1n) is 11.5. The molecule has 0 spiro atoms. The number of hydrogen-bond acceptors (Lipinski definition) is 5. The normalized spacial score (nSPS) is 15.1. The van der Waals surface area contributed by atoms with E-state index in [0.717, 1.165) is 63.1 Å². The topological polar surface area (TPSA) is 68.3 Å². The van der Waals surface area contributed by atoms with Gasteiger partial charge in [-0.15, -0.1) is 0 Å². The predicted molar refractivity (Wildman–Crippen MR) is 129 cm³/mol. The number of benzene rings is 1. The lowest BCUT2D eigenvalue weighted by Crippen LogP contribution is -2.46. The highest BCUT2D eigenvalue weighted by Crippen LogP contribution is 2.24. The summed E-state index contributed by atoms with van der Waals surface area (Å²) in [5, 5.41) is 0. The van der Waals surface area contributed by atoms with Crippen molar-refractivity contribution >= 4 is 16.9 Å². The molecule has 1 saturated heterocycles. The van der Waals surface area contributed by atoms with Crippen LogP contribution < -0.4 is 16.1 Å². The van der Waals surface area contributed by atoms with Crippen molar-refractivity contribution in [2.75, 3.05) is 37.6 Å². The smallest absolute Gasteiger partial charge is 0.332 e. The van der Waals surface area contributed by atoms with Crippen LogP contribution >= 0.6 is 0 Å². The molecular weight excluding hydrogens is 404 g/mol. The Labute approximate surface area is 188 Å². The Morgan fingerprint density at radius 2 is 1.62 bits per heavy atom. The SMILES string of the molecule is Cc1cccc(N2CCN(CCCCCn3cnc4c3c(=O)n(C)c(=O)n4C)CC2)c1C. The molecule has 172 valence electrons. The number of fused-ring (bicyclic) bond motifs is 1. The molecule has 8 nitrogen and oxygen atoms in total. The number of imidazole rings is 1. The molecule has 0 saturated carbocycles. The molecule has 3 heterocycles. The van der Waals surface area contributed by atoms with Gasteiger partial charge in [0.05, 0.1) is 6.33 Å². The highest BCUT2D eigenvalue weighted by molar-refractivity contribution is 5.69. The summed E-state index contributed by atoms with van der Waals surface area (Å²) in [6.07, 6.45) is 4.91. The third-order valence-corrected chi connectivity index (χ3v) is 6.88. The second-order valence-electron chi connectivity index (χ2n) is 8.92. The van der Waals surface area contributed by atoms with Gasteiger partial charge in [0.15, 0.2) is 11.2 Å². The summed E-state index contributed by atoms with van der Waals surface area (Å²) in [6, 6.07) is 6.58. The average molecular weight is 439 g/mol. The minimum Gasteiger partial charge on any atom is -0.369 e. The molecule has 2 aromatic heterocycles. The molecule has 4 rings (SSSR count). The Morgan fingerprint density at radius 1 is 0.906 bits per heavy atom. The van der Waals surface area contributed by atoms with Gasteiger partial charge in [0.2, 0.25) is 0 Å². The van der Waals surface area contributed by atoms with Crippen molar-refractivity contribution in [2.24, 2.45) is 14.1 Å². The Hall–Kier alpha value is -2.87. The summed E-state index contributed by atoms with van der Waals surface area (Å²) in [5.74, 6) is 0. The predicted octanol–water partition coefficient (Wildman–Crippen LogP) is 2.04. The highest BCUT2D eigenvalue weighted by Gasteiger charge is 2.18. The Morgan fingerprint density at radius 3 is 2.38 bits per heavy atom. The number of hydrogen-bond donors (Lipinski definition) is 0. The molecule has 1 aliphatic rings. The second-order valence-corrected chi connectivity index (χ2v) is 8.92. The van der Waals surface area contributed by atoms with Crippen molar-refractivity contribution in [1.29, 1.82) is 0 Å². The fourth-order valence-corrected chi connectivity index (χ4v) is 4.65. The number of unbranched alkanes of at least 4 members (excludes halogenated alkanes) is 2. The van der Waals surface area contributed by atoms with Gasteiger partial charge in [-0.1, -0.05) is 18.6 Å². The van der Waals surface area contributed by atoms with Gasteiger partial charge in [-0.3, -0.25) is 18.8 Å². The van der Waals surface area contributed by atoms with Crippen molar-refractivity contribution in [3.8, 4) is 0 Å². The summed E-state index contributed by atoms with van der Waals surface area (Å²) < 4.78 is 4.48. The monoisotopic (exact) mass is 438 g/mol. The molecule has 0 bridgehead atoms. The van der Waals surface area contributed by atoms with E-state index in [4.69, 9.17) is 0 Å². The minimum absolute atomic E-state index is 0.276. The standard InChI is InChI=1S/C24H34N6O2/c1-18-9-8-10-20(19(18)2)29-15-13-28(14-16-29)11-6-5-7-12-30-17-25-22-21(30)23(31)27(4)24(32)26(22)3/h8-10,17H,5-7,11-16H2,1-4H3. The van der Waals surface area contributed by atoms with Gasteiger partial charge in [0, 0.05) is 52.5 Å². The van der Waals surface area contributed by atoms with Crippen LogP contribution in [0.1, 0.15) is 30.4 Å². The van der Waals surface area contributed by atoms with Gasteiger partial charge >= 0.3 is 5.69 Å². The van der Waals surface area contributed by atoms with Crippen LogP contribution in [-0.4, -0.2) is 56.3 Å². The lowest BCUT2D eigenvalue weighted by atomic mass is 10.1. The molecule has 1 aromatic carbocycles. The van der Waals surface area contributed by atoms with Crippen LogP contribution in [0, 0.1) is 13.8 Å². The van der Waals surface area contributed by atoms with Gasteiger partial charge in [0.25, 0.3) is 5.56 Å². The van der Waals surface area contributed by atoms with E-state index < -0.39 is 0 Å². The third-order valence-electron chi connectivity index (χ3n) is 6.88. The highest BCUT2D eigenvalue weighted by atomic mass is 16.2. The average Bonchev–Trinajstić information content (AvgIpc) is 3.22. The Kier molecular flexibility index (Phi) is 6.50. The minimum atomic E-state index is -0.342. The largest absolute Gasteiger partial charge is 0.369 e. The quantitative estimate of drug-likeness (QED) is 0.528. The van der Waals surface area contributed by atoms with E-state index in [-0.39, 0.29) is 11.2 Å². The van der Waals surface area contributed by atoms with Crippen LogP contribution in [0.15, 0.2) is 34.1 Å². The van der Waals surface area contributed by atoms with Gasteiger partial charge in [-0.25, -0.2) is 9.78 Å². The van der Waals surface area contributed by atoms with Crippen molar-refractivity contribution in [3.05, 3.63) is 56.5 Å². The molecule has 0 amide bonds. The second kappa shape index (κ2) is 9.32. The summed E-state index contributed by atoms with van der Waals surface area (Å²) in [7, 11) is 3.17. The van der Waals surface area contributed by atoms with Gasteiger partial charge in [0.1, 0.15) is 0 Å². The van der Waals surface area contributed by atoms with Crippen molar-refractivity contribution < 1.29 is 0 Å². The van der Waals surface area contributed by atoms with Crippen LogP contribution in [0.5, 0.6) is 0 Å². The van der Waals surface area contributed by atoms with Crippen molar-refractivity contribution in [2.45, 2.75) is 39.7 Å². The van der Waals surface area contributed by atoms with E-state index in [0.29, 0.717) is 11.2 Å². The van der Waals surface area contributed by atoms with Crippen LogP contribution in [-0.2, 0) is 20.6 Å². The van der Waals surface area contributed by atoms with E-state index >= 15 is 0 Å². The first-order chi connectivity index (χ1) is 15.4. The summed E-state index contributed by atoms with van der Waals surface area (Å²) in [6.45, 7) is 10.6. The fourth-order valence-electron chi connectivity index (χ4n) is 4.65. The number of nitrogens with zero attached hydrogens (tertiary/aromatic N) is 6. The van der Waals surface area contributed by atoms with E-state index in [9.17, 15) is 9.59 Å². The Bertz CT molecular complexity index is 1210. The molecular formula is C24H34N6O2. The van der Waals surface area contributed by atoms with Crippen molar-refractivity contribution in [1.82, 2.24) is 23.6 Å². The van der Waals surface area contributed by atoms with Crippen LogP contribution in [0.3, 0.4) is 0 Å². The third kappa shape index (κ3) is 4.24. The first kappa shape index (κ1) is 22.3. The van der Waals surface area contributed by atoms with Gasteiger partial charge < -0.3 is 9.47 Å². The lowest BCUT2D eigenvalue weighted by Gasteiger charge is -2.37. The zero-order valence-corrected chi connectivity index (χ0v) is 19.7. The molecule has 0 radical (unpaired) electrons. The Balaban J connectivity index is 1.25. The zero-order valence-electron chi connectivity index (χ0n) is 19.7. The van der Waals surface area contributed by atoms with E-state index in [1.165, 1.54) is 28.4 Å². The summed E-state index contributed by atoms with van der Waals surface area (Å²) in [4.78, 5) is 34.0. The molecule has 0 atom stereocenters. The van der Waals surface area contributed by atoms with E-state index in [2.05, 4.69) is 46.8 Å². The number of piperazine rings is 1. The molecule has 0 unspecified atom stereocenters. The summed E-state index contributed by atoms with van der Waals surface area (Å²) >= 11 is 0. The molecule has 1 aliphatic heterocycles. The van der Waals surface area contributed by atoms with Gasteiger partial charge in [-0.05, 0) is 50.4 Å². The fraction of sp³-hybridized carbons (Fsp3) is 0.542. The van der Waals surface area contributed by atoms with E-state index in [1.807, 2.05) is 4.57 Å². The maximum absolute atomic E-state index is 12.5. The van der Waals surface area contributed by atoms with Crippen molar-refractivity contribution in [3.63, 3.8) is 0 Å². The van der Waals surface area contributed by atoms with Gasteiger partial charge in [-0.2, -0.15) is 0 Å². The molecule has 3 aromatic rings. The summed E-state index contributed by atoms with van der Waals surface area (Å²) in [5.41, 5.74) is 4.48. The number of rotatable bonds is 7. The molecule has 32 heavy (non-hydrogen) atoms. The lowest BCUT2D eigenvalue weighted by molar-refractivity contribution is 0.251. The molecule has 1 fully saturated rings. The number of aromatic nitrogens is 4. The molecule has 0 aliphatic carbocycles. The van der Waals surface area contributed by atoms with E-state index in [1.54, 1.807) is 13.4 Å². The maximum atomic E-state index is 12.5.